The van der Waals surface area contributed by atoms with Crippen LogP contribution in [0.3, 0.4) is 0 Å². The molecule has 3 N–H and O–H groups in total. The van der Waals surface area contributed by atoms with Crippen molar-refractivity contribution in [3.63, 3.8) is 0 Å². The number of rotatable bonds is 90. The molecule has 0 saturated carbocycles. The number of aliphatic hydroxyl groups excluding tert-OH is 1. The lowest BCUT2D eigenvalue weighted by atomic mass is 10.0. The molecule has 19 heteroatoms. The lowest BCUT2D eigenvalue weighted by molar-refractivity contribution is -0.161. The van der Waals surface area contributed by atoms with Crippen LogP contribution in [0.25, 0.3) is 0 Å². The minimum atomic E-state index is -4.97. The van der Waals surface area contributed by atoms with Crippen LogP contribution >= 0.6 is 15.6 Å². The lowest BCUT2D eigenvalue weighted by Crippen LogP contribution is -2.30. The molecule has 0 fully saturated rings. The average molecular weight is 1580 g/mol. The van der Waals surface area contributed by atoms with E-state index in [1.807, 2.05) is 0 Å². The zero-order chi connectivity index (χ0) is 78.9. The number of phosphoric ester groups is 2. The molecule has 0 saturated heterocycles. The molecule has 0 aromatic rings. The molecule has 0 aromatic carbocycles. The summed E-state index contributed by atoms with van der Waals surface area (Å²) in [6, 6.07) is 0. The maximum atomic E-state index is 13.2. The van der Waals surface area contributed by atoms with Crippen molar-refractivity contribution in [2.75, 3.05) is 39.6 Å². The van der Waals surface area contributed by atoms with Crippen molar-refractivity contribution in [1.29, 1.82) is 0 Å². The predicted molar refractivity (Wildman–Crippen MR) is 446 cm³/mol. The maximum absolute atomic E-state index is 13.2. The summed E-state index contributed by atoms with van der Waals surface area (Å²) in [6.07, 6.45) is 79.3. The summed E-state index contributed by atoms with van der Waals surface area (Å²) in [5, 5.41) is 10.7. The molecule has 642 valence electrons. The first kappa shape index (κ1) is 106. The number of aliphatic hydroxyl groups is 1. The first-order valence-corrected chi connectivity index (χ1v) is 49.3. The van der Waals surface area contributed by atoms with Gasteiger partial charge in [-0.3, -0.25) is 37.3 Å². The number of carbonyl (C=O) groups is 4. The quantitative estimate of drug-likeness (QED) is 0.0222. The molecule has 0 spiro atoms. The third-order valence-corrected chi connectivity index (χ3v) is 23.0. The van der Waals surface area contributed by atoms with Gasteiger partial charge in [-0.25, -0.2) is 9.13 Å². The highest BCUT2D eigenvalue weighted by molar-refractivity contribution is 7.47. The van der Waals surface area contributed by atoms with Gasteiger partial charge in [-0.2, -0.15) is 0 Å². The Balaban J connectivity index is 5.21. The van der Waals surface area contributed by atoms with E-state index in [0.29, 0.717) is 25.7 Å². The maximum Gasteiger partial charge on any atom is 0.472 e. The van der Waals surface area contributed by atoms with Crippen molar-refractivity contribution < 1.29 is 80.2 Å². The fourth-order valence-corrected chi connectivity index (χ4v) is 15.6. The van der Waals surface area contributed by atoms with Crippen LogP contribution in [0.2, 0.25) is 0 Å². The van der Waals surface area contributed by atoms with Gasteiger partial charge < -0.3 is 33.8 Å². The fraction of sp³-hybridized carbons (Fsp3) is 0.955. The molecule has 5 atom stereocenters. The van der Waals surface area contributed by atoms with Gasteiger partial charge in [0, 0.05) is 25.7 Å². The number of ether oxygens (including phenoxy) is 4. The molecule has 0 heterocycles. The number of hydrogen-bond donors (Lipinski definition) is 3. The number of carbonyl (C=O) groups excluding carboxylic acids is 4. The van der Waals surface area contributed by atoms with E-state index in [2.05, 4.69) is 27.7 Å². The van der Waals surface area contributed by atoms with E-state index in [0.717, 1.165) is 89.9 Å². The van der Waals surface area contributed by atoms with Gasteiger partial charge in [0.15, 0.2) is 12.2 Å². The second-order valence-electron chi connectivity index (χ2n) is 32.0. The monoisotopic (exact) mass is 1580 g/mol. The van der Waals surface area contributed by atoms with Crippen molar-refractivity contribution in [3.8, 4) is 0 Å². The van der Waals surface area contributed by atoms with Crippen LogP contribution in [-0.4, -0.2) is 96.7 Å². The van der Waals surface area contributed by atoms with Gasteiger partial charge in [0.05, 0.1) is 26.4 Å². The number of hydrogen-bond acceptors (Lipinski definition) is 15. The molecular formula is C89H174O17P2. The number of phosphoric acid groups is 2. The van der Waals surface area contributed by atoms with Gasteiger partial charge in [0.1, 0.15) is 19.3 Å². The number of esters is 4. The second kappa shape index (κ2) is 83.0. The zero-order valence-electron chi connectivity index (χ0n) is 70.8. The molecular weight excluding hydrogens is 1400 g/mol. The Hall–Kier alpha value is -1.94. The topological polar surface area (TPSA) is 237 Å². The first-order valence-electron chi connectivity index (χ1n) is 46.3. The zero-order valence-corrected chi connectivity index (χ0v) is 72.6. The summed E-state index contributed by atoms with van der Waals surface area (Å²) in [6.45, 7) is 5.07. The van der Waals surface area contributed by atoms with Crippen LogP contribution < -0.4 is 0 Å². The third kappa shape index (κ3) is 82.1. The Morgan fingerprint density at radius 1 is 0.222 bits per heavy atom. The van der Waals surface area contributed by atoms with Crippen LogP contribution in [0.15, 0.2) is 0 Å². The van der Waals surface area contributed by atoms with Crippen molar-refractivity contribution >= 4 is 39.5 Å². The Kier molecular flexibility index (Phi) is 81.5. The summed E-state index contributed by atoms with van der Waals surface area (Å²) < 4.78 is 69.0. The van der Waals surface area contributed by atoms with Crippen LogP contribution in [0.5, 0.6) is 0 Å². The predicted octanol–water partition coefficient (Wildman–Crippen LogP) is 27.7. The van der Waals surface area contributed by atoms with Crippen LogP contribution in [0.1, 0.15) is 490 Å². The van der Waals surface area contributed by atoms with Gasteiger partial charge >= 0.3 is 39.5 Å². The summed E-state index contributed by atoms with van der Waals surface area (Å²) in [4.78, 5) is 73.3. The van der Waals surface area contributed by atoms with E-state index in [4.69, 9.17) is 37.0 Å². The van der Waals surface area contributed by atoms with E-state index in [1.165, 1.54) is 321 Å². The molecule has 17 nitrogen and oxygen atoms in total. The van der Waals surface area contributed by atoms with Crippen molar-refractivity contribution in [2.24, 2.45) is 0 Å². The largest absolute Gasteiger partial charge is 0.472 e. The van der Waals surface area contributed by atoms with Gasteiger partial charge in [-0.1, -0.05) is 439 Å². The highest BCUT2D eigenvalue weighted by atomic mass is 31.2. The molecule has 0 aromatic heterocycles. The van der Waals surface area contributed by atoms with Crippen molar-refractivity contribution in [2.45, 2.75) is 508 Å². The lowest BCUT2D eigenvalue weighted by Gasteiger charge is -2.21. The molecule has 0 amide bonds. The summed E-state index contributed by atoms with van der Waals surface area (Å²) >= 11 is 0. The van der Waals surface area contributed by atoms with E-state index in [-0.39, 0.29) is 25.7 Å². The summed E-state index contributed by atoms with van der Waals surface area (Å²) in [5.74, 6) is -2.09. The first-order chi connectivity index (χ1) is 52.7. The molecule has 108 heavy (non-hydrogen) atoms. The Morgan fingerprint density at radius 3 is 0.546 bits per heavy atom. The van der Waals surface area contributed by atoms with E-state index < -0.39 is 97.5 Å². The summed E-state index contributed by atoms with van der Waals surface area (Å²) in [5.41, 5.74) is 0. The average Bonchev–Trinajstić information content (AvgIpc) is 0.906. The van der Waals surface area contributed by atoms with Crippen LogP contribution in [0.4, 0.5) is 0 Å². The highest BCUT2D eigenvalue weighted by Gasteiger charge is 2.30. The van der Waals surface area contributed by atoms with Crippen molar-refractivity contribution in [3.05, 3.63) is 0 Å². The molecule has 0 radical (unpaired) electrons. The molecule has 0 bridgehead atoms. The van der Waals surface area contributed by atoms with Crippen LogP contribution in [-0.2, 0) is 65.4 Å². The Morgan fingerprint density at radius 2 is 0.370 bits per heavy atom. The molecule has 2 unspecified atom stereocenters. The van der Waals surface area contributed by atoms with E-state index in [9.17, 15) is 43.2 Å². The fourth-order valence-electron chi connectivity index (χ4n) is 14.1. The Bertz CT molecular complexity index is 2030. The van der Waals surface area contributed by atoms with Crippen molar-refractivity contribution in [1.82, 2.24) is 0 Å². The molecule has 0 aliphatic rings. The van der Waals surface area contributed by atoms with Crippen LogP contribution in [0, 0.1) is 0 Å². The van der Waals surface area contributed by atoms with E-state index in [1.54, 1.807) is 0 Å². The SMILES string of the molecule is CCCCCCCCCCCCCCCCCCCCCCCCC(=O)O[C@H](COC(=O)CCCCCCCCCCCCCCCCCCCCCCC)COP(=O)(O)OC[C@@H](O)COP(=O)(O)OC[C@@H](COC(=O)CCCCCCCCCCCCCC)OC(=O)CCCCCCCCCCCCCCC. The number of unbranched alkanes of at least 4 members (excludes halogenated alkanes) is 64. The minimum absolute atomic E-state index is 0.109. The standard InChI is InChI=1S/C89H174O17P2/c1-5-9-13-17-21-25-29-33-35-37-39-41-43-45-47-49-52-56-60-64-68-72-76-89(94)106-85(80-100-87(92)74-70-66-62-58-54-51-48-46-44-42-40-38-36-34-30-26-22-18-14-10-6-2)82-104-108(97,98)102-78-83(90)77-101-107(95,96)103-81-84(79-99-86(91)73-69-65-61-57-53-32-28-24-20-16-12-8-4)105-88(93)75-71-67-63-59-55-50-31-27-23-19-15-11-7-3/h83-85,90H,5-82H2,1-4H3,(H,95,96)(H,97,98)/t83-,84+,85+/m0/s1. The normalized spacial score (nSPS) is 13.7. The second-order valence-corrected chi connectivity index (χ2v) is 34.9. The van der Waals surface area contributed by atoms with Gasteiger partial charge in [0.25, 0.3) is 0 Å². The summed E-state index contributed by atoms with van der Waals surface area (Å²) in [7, 11) is -9.93. The van der Waals surface area contributed by atoms with Gasteiger partial charge in [0.2, 0.25) is 0 Å². The highest BCUT2D eigenvalue weighted by Crippen LogP contribution is 2.45. The molecule has 0 aliphatic heterocycles. The van der Waals surface area contributed by atoms with E-state index >= 15 is 0 Å². The van der Waals surface area contributed by atoms with Gasteiger partial charge in [-0.05, 0) is 25.7 Å². The Labute approximate surface area is 664 Å². The van der Waals surface area contributed by atoms with Gasteiger partial charge in [-0.15, -0.1) is 0 Å². The minimum Gasteiger partial charge on any atom is -0.462 e. The third-order valence-electron chi connectivity index (χ3n) is 21.1. The molecule has 0 rings (SSSR count). The molecule has 0 aliphatic carbocycles. The smallest absolute Gasteiger partial charge is 0.462 e.